The van der Waals surface area contributed by atoms with Crippen molar-refractivity contribution in [3.8, 4) is 0 Å². The molecule has 0 aromatic heterocycles. The van der Waals surface area contributed by atoms with Crippen LogP contribution in [0.1, 0.15) is 53.4 Å². The Morgan fingerprint density at radius 1 is 0.938 bits per heavy atom. The van der Waals surface area contributed by atoms with Crippen molar-refractivity contribution in [2.75, 3.05) is 0 Å². The summed E-state index contributed by atoms with van der Waals surface area (Å²) in [5.74, 6) is 0. The highest BCUT2D eigenvalue weighted by Crippen LogP contribution is 2.12. The van der Waals surface area contributed by atoms with E-state index in [9.17, 15) is 4.79 Å². The van der Waals surface area contributed by atoms with Gasteiger partial charge in [-0.1, -0.05) is 28.9 Å². The lowest BCUT2D eigenvalue weighted by atomic mass is 10.1. The molecule has 0 aliphatic carbocycles. The molecule has 0 amide bonds. The molecule has 0 radical (unpaired) electrons. The van der Waals surface area contributed by atoms with Gasteiger partial charge in [0.25, 0.3) is 0 Å². The molecule has 0 bridgehead atoms. The second kappa shape index (κ2) is 9.14. The minimum absolute atomic E-state index is 0.868. The topological polar surface area (TPSA) is 17.1 Å². The first-order chi connectivity index (χ1) is 7.56. The molecule has 0 fully saturated rings. The fourth-order valence-corrected chi connectivity index (χ4v) is 1.44. The number of rotatable bonds is 7. The highest BCUT2D eigenvalue weighted by Gasteiger charge is 1.92. The Morgan fingerprint density at radius 3 is 2.12 bits per heavy atom. The number of allylic oxidation sites excluding steroid dienone is 6. The third-order valence-corrected chi connectivity index (χ3v) is 2.49. The molecule has 1 nitrogen and oxygen atoms in total. The maximum absolute atomic E-state index is 10.2. The van der Waals surface area contributed by atoms with Crippen LogP contribution in [0.4, 0.5) is 0 Å². The van der Waals surface area contributed by atoms with Crippen LogP contribution in [0.5, 0.6) is 0 Å². The molecule has 0 saturated carbocycles. The first-order valence-electron chi connectivity index (χ1n) is 5.96. The van der Waals surface area contributed by atoms with Crippen molar-refractivity contribution < 1.29 is 4.79 Å². The van der Waals surface area contributed by atoms with Gasteiger partial charge >= 0.3 is 0 Å². The molecule has 0 heterocycles. The molecule has 0 unspecified atom stereocenters. The fourth-order valence-electron chi connectivity index (χ4n) is 1.44. The molecule has 1 heteroatoms. The van der Waals surface area contributed by atoms with E-state index in [0.717, 1.165) is 32.0 Å². The third kappa shape index (κ3) is 9.45. The molecular formula is C15H24O. The summed E-state index contributed by atoms with van der Waals surface area (Å²) in [6, 6.07) is 0. The van der Waals surface area contributed by atoms with Gasteiger partial charge in [-0.15, -0.1) is 0 Å². The highest BCUT2D eigenvalue weighted by atomic mass is 16.1. The first kappa shape index (κ1) is 14.9. The van der Waals surface area contributed by atoms with Gasteiger partial charge in [0, 0.05) is 0 Å². The summed E-state index contributed by atoms with van der Waals surface area (Å²) >= 11 is 0. The predicted octanol–water partition coefficient (Wildman–Crippen LogP) is 4.60. The van der Waals surface area contributed by atoms with E-state index in [1.54, 1.807) is 6.08 Å². The highest BCUT2D eigenvalue weighted by molar-refractivity contribution is 5.65. The predicted molar refractivity (Wildman–Crippen MR) is 71.5 cm³/mol. The van der Waals surface area contributed by atoms with Gasteiger partial charge in [-0.05, 0) is 59.5 Å². The number of aldehydes is 1. The van der Waals surface area contributed by atoms with Gasteiger partial charge in [0.2, 0.25) is 0 Å². The van der Waals surface area contributed by atoms with Gasteiger partial charge in [0.05, 0.1) is 0 Å². The molecule has 0 aromatic rings. The quantitative estimate of drug-likeness (QED) is 0.348. The van der Waals surface area contributed by atoms with E-state index in [0.29, 0.717) is 0 Å². The van der Waals surface area contributed by atoms with Crippen LogP contribution in [0.2, 0.25) is 0 Å². The standard InChI is InChI=1S/C15H24O/c1-13(2)7-5-8-14(3)9-6-10-15(4)11-12-16/h7-8,11-12H,5-6,9-10H2,1-4H3/b14-8+,15-11+. The SMILES string of the molecule is CC(C)=CC/C=C(\C)CCC/C(C)=C/C=O. The summed E-state index contributed by atoms with van der Waals surface area (Å²) in [5, 5.41) is 0. The minimum atomic E-state index is 0.868. The van der Waals surface area contributed by atoms with Crippen molar-refractivity contribution in [3.05, 3.63) is 34.9 Å². The van der Waals surface area contributed by atoms with Crippen LogP contribution in [0.25, 0.3) is 0 Å². The van der Waals surface area contributed by atoms with Crippen LogP contribution in [-0.4, -0.2) is 6.29 Å². The summed E-state index contributed by atoms with van der Waals surface area (Å²) in [6.45, 7) is 8.43. The second-order valence-corrected chi connectivity index (χ2v) is 4.57. The van der Waals surface area contributed by atoms with Crippen molar-refractivity contribution in [2.45, 2.75) is 53.4 Å². The van der Waals surface area contributed by atoms with E-state index >= 15 is 0 Å². The number of hydrogen-bond acceptors (Lipinski definition) is 1. The normalized spacial score (nSPS) is 12.5. The Kier molecular flexibility index (Phi) is 8.51. The lowest BCUT2D eigenvalue weighted by Crippen LogP contribution is -1.82. The zero-order valence-electron chi connectivity index (χ0n) is 11.0. The Morgan fingerprint density at radius 2 is 1.56 bits per heavy atom. The molecule has 0 aliphatic heterocycles. The van der Waals surface area contributed by atoms with Crippen LogP contribution in [0, 0.1) is 0 Å². The first-order valence-corrected chi connectivity index (χ1v) is 5.96. The zero-order valence-corrected chi connectivity index (χ0v) is 11.0. The maximum atomic E-state index is 10.2. The Hall–Kier alpha value is -1.11. The average molecular weight is 220 g/mol. The minimum Gasteiger partial charge on any atom is -0.299 e. The summed E-state index contributed by atoms with van der Waals surface area (Å²) in [5.41, 5.74) is 3.98. The molecule has 0 N–H and O–H groups in total. The van der Waals surface area contributed by atoms with Crippen molar-refractivity contribution in [2.24, 2.45) is 0 Å². The summed E-state index contributed by atoms with van der Waals surface area (Å²) in [7, 11) is 0. The Balaban J connectivity index is 3.80. The van der Waals surface area contributed by atoms with E-state index in [-0.39, 0.29) is 0 Å². The number of carbonyl (C=O) groups excluding carboxylic acids is 1. The average Bonchev–Trinajstić information content (AvgIpc) is 2.17. The van der Waals surface area contributed by atoms with Crippen LogP contribution >= 0.6 is 0 Å². The lowest BCUT2D eigenvalue weighted by molar-refractivity contribution is -0.104. The summed E-state index contributed by atoms with van der Waals surface area (Å²) < 4.78 is 0. The maximum Gasteiger partial charge on any atom is 0.142 e. The summed E-state index contributed by atoms with van der Waals surface area (Å²) in [4.78, 5) is 10.2. The molecule has 0 atom stereocenters. The number of hydrogen-bond donors (Lipinski definition) is 0. The molecule has 0 aromatic carbocycles. The van der Waals surface area contributed by atoms with Crippen molar-refractivity contribution in [1.29, 1.82) is 0 Å². The van der Waals surface area contributed by atoms with E-state index in [1.807, 2.05) is 6.92 Å². The molecular weight excluding hydrogens is 196 g/mol. The van der Waals surface area contributed by atoms with Crippen molar-refractivity contribution >= 4 is 6.29 Å². The molecule has 0 rings (SSSR count). The van der Waals surface area contributed by atoms with Crippen molar-refractivity contribution in [1.82, 2.24) is 0 Å². The smallest absolute Gasteiger partial charge is 0.142 e. The molecule has 16 heavy (non-hydrogen) atoms. The molecule has 90 valence electrons. The lowest BCUT2D eigenvalue weighted by Gasteiger charge is -2.01. The Bertz CT molecular complexity index is 289. The third-order valence-electron chi connectivity index (χ3n) is 2.49. The van der Waals surface area contributed by atoms with E-state index in [4.69, 9.17) is 0 Å². The second-order valence-electron chi connectivity index (χ2n) is 4.57. The van der Waals surface area contributed by atoms with Crippen LogP contribution in [0.3, 0.4) is 0 Å². The monoisotopic (exact) mass is 220 g/mol. The molecule has 0 saturated heterocycles. The van der Waals surface area contributed by atoms with Gasteiger partial charge < -0.3 is 0 Å². The largest absolute Gasteiger partial charge is 0.299 e. The van der Waals surface area contributed by atoms with Gasteiger partial charge in [0.15, 0.2) is 0 Å². The van der Waals surface area contributed by atoms with Crippen LogP contribution in [0.15, 0.2) is 34.9 Å². The van der Waals surface area contributed by atoms with Gasteiger partial charge in [-0.25, -0.2) is 0 Å². The van der Waals surface area contributed by atoms with Crippen LogP contribution in [-0.2, 0) is 4.79 Å². The van der Waals surface area contributed by atoms with E-state index in [2.05, 4.69) is 32.9 Å². The van der Waals surface area contributed by atoms with Gasteiger partial charge in [-0.3, -0.25) is 4.79 Å². The van der Waals surface area contributed by atoms with Gasteiger partial charge in [-0.2, -0.15) is 0 Å². The Labute approximate surface area is 99.9 Å². The zero-order chi connectivity index (χ0) is 12.4. The number of carbonyl (C=O) groups is 1. The van der Waals surface area contributed by atoms with Gasteiger partial charge in [0.1, 0.15) is 6.29 Å². The van der Waals surface area contributed by atoms with Crippen LogP contribution < -0.4 is 0 Å². The fraction of sp³-hybridized carbons (Fsp3) is 0.533. The molecule has 0 spiro atoms. The summed E-state index contributed by atoms with van der Waals surface area (Å²) in [6.07, 6.45) is 11.4. The molecule has 0 aliphatic rings. The van der Waals surface area contributed by atoms with Crippen molar-refractivity contribution in [3.63, 3.8) is 0 Å². The van der Waals surface area contributed by atoms with E-state index in [1.165, 1.54) is 16.7 Å². The van der Waals surface area contributed by atoms with E-state index < -0.39 is 0 Å².